The fraction of sp³-hybridized carbons (Fsp3) is 0.500. The summed E-state index contributed by atoms with van der Waals surface area (Å²) in [6, 6.07) is 10.1. The highest BCUT2D eigenvalue weighted by atomic mass is 32.2. The van der Waals surface area contributed by atoms with Gasteiger partial charge in [0.15, 0.2) is 0 Å². The average Bonchev–Trinajstić information content (AvgIpc) is 2.86. The van der Waals surface area contributed by atoms with Crippen LogP contribution in [0.25, 0.3) is 11.0 Å². The molecule has 1 heterocycles. The molecule has 0 saturated carbocycles. The van der Waals surface area contributed by atoms with Gasteiger partial charge < -0.3 is 9.73 Å². The number of hydrogen-bond donors (Lipinski definition) is 1. The molecule has 2 unspecified atom stereocenters. The third-order valence-corrected chi connectivity index (χ3v) is 5.00. The molecule has 1 N–H and O–H groups in total. The Labute approximate surface area is 123 Å². The summed E-state index contributed by atoms with van der Waals surface area (Å²) in [6.45, 7) is 7.01. The highest BCUT2D eigenvalue weighted by Gasteiger charge is 2.20. The zero-order chi connectivity index (χ0) is 14.5. The third-order valence-electron chi connectivity index (χ3n) is 3.29. The van der Waals surface area contributed by atoms with Gasteiger partial charge in [0.05, 0.1) is 6.04 Å². The van der Waals surface area contributed by atoms with Crippen molar-refractivity contribution >= 4 is 21.8 Å². The molecule has 0 spiro atoms. The van der Waals surface area contributed by atoms with Crippen LogP contribution in [0, 0.1) is 0 Å². The Bertz CT molecular complexity index is 544. The lowest BCUT2D eigenvalue weighted by Crippen LogP contribution is -2.28. The van der Waals surface area contributed by atoms with E-state index in [0.29, 0.717) is 5.75 Å². The first-order valence-electron chi connectivity index (χ1n) is 7.20. The molecule has 0 fully saturated rings. The molecule has 3 nitrogen and oxygen atoms in total. The Morgan fingerprint density at radius 1 is 1.30 bits per heavy atom. The second kappa shape index (κ2) is 7.04. The van der Waals surface area contributed by atoms with Gasteiger partial charge in [0, 0.05) is 27.2 Å². The number of para-hydroxylation sites is 1. The van der Waals surface area contributed by atoms with Gasteiger partial charge in [-0.1, -0.05) is 39.0 Å². The van der Waals surface area contributed by atoms with E-state index in [1.54, 1.807) is 0 Å². The molecule has 0 aliphatic rings. The fourth-order valence-electron chi connectivity index (χ4n) is 2.09. The molecule has 0 bridgehead atoms. The fourth-order valence-corrected chi connectivity index (χ4v) is 3.09. The van der Waals surface area contributed by atoms with Crippen LogP contribution in [0.3, 0.4) is 0 Å². The maximum absolute atomic E-state index is 12.1. The van der Waals surface area contributed by atoms with E-state index in [1.807, 2.05) is 38.1 Å². The van der Waals surface area contributed by atoms with Crippen molar-refractivity contribution in [2.75, 3.05) is 12.3 Å². The van der Waals surface area contributed by atoms with Crippen LogP contribution in [0.5, 0.6) is 0 Å². The second-order valence-corrected chi connectivity index (χ2v) is 7.33. The molecule has 0 amide bonds. The first-order valence-corrected chi connectivity index (χ1v) is 8.59. The molecule has 0 aliphatic carbocycles. The molecular formula is C16H23NO2S. The molecule has 20 heavy (non-hydrogen) atoms. The van der Waals surface area contributed by atoms with Crippen LogP contribution in [-0.2, 0) is 10.8 Å². The molecule has 0 saturated heterocycles. The van der Waals surface area contributed by atoms with Gasteiger partial charge in [0.2, 0.25) is 0 Å². The van der Waals surface area contributed by atoms with Crippen LogP contribution in [0.2, 0.25) is 0 Å². The summed E-state index contributed by atoms with van der Waals surface area (Å²) < 4.78 is 18.0. The van der Waals surface area contributed by atoms with E-state index >= 15 is 0 Å². The van der Waals surface area contributed by atoms with E-state index in [-0.39, 0.29) is 11.3 Å². The van der Waals surface area contributed by atoms with Crippen molar-refractivity contribution in [2.45, 2.75) is 38.5 Å². The average molecular weight is 293 g/mol. The summed E-state index contributed by atoms with van der Waals surface area (Å²) in [4.78, 5) is 0. The molecule has 2 aromatic rings. The lowest BCUT2D eigenvalue weighted by atomic mass is 10.2. The minimum absolute atomic E-state index is 0.0191. The van der Waals surface area contributed by atoms with Gasteiger partial charge in [-0.05, 0) is 25.1 Å². The lowest BCUT2D eigenvalue weighted by Gasteiger charge is -2.17. The second-order valence-electron chi connectivity index (χ2n) is 5.29. The summed E-state index contributed by atoms with van der Waals surface area (Å²) in [6.07, 6.45) is 1.05. The molecule has 110 valence electrons. The van der Waals surface area contributed by atoms with Crippen LogP contribution in [0.15, 0.2) is 34.7 Å². The molecule has 0 aliphatic heterocycles. The van der Waals surface area contributed by atoms with Crippen molar-refractivity contribution in [3.05, 3.63) is 36.1 Å². The van der Waals surface area contributed by atoms with Crippen molar-refractivity contribution in [1.82, 2.24) is 5.32 Å². The Morgan fingerprint density at radius 3 is 2.70 bits per heavy atom. The van der Waals surface area contributed by atoms with E-state index in [4.69, 9.17) is 4.42 Å². The summed E-state index contributed by atoms with van der Waals surface area (Å²) in [5, 5.41) is 4.72. The number of furan rings is 1. The van der Waals surface area contributed by atoms with Gasteiger partial charge in [0.25, 0.3) is 0 Å². The van der Waals surface area contributed by atoms with Gasteiger partial charge in [0.1, 0.15) is 11.3 Å². The Morgan fingerprint density at radius 2 is 2.05 bits per heavy atom. The molecule has 0 radical (unpaired) electrons. The predicted molar refractivity (Wildman–Crippen MR) is 85.4 cm³/mol. The van der Waals surface area contributed by atoms with Gasteiger partial charge >= 0.3 is 0 Å². The quantitative estimate of drug-likeness (QED) is 0.847. The van der Waals surface area contributed by atoms with Crippen LogP contribution in [0.4, 0.5) is 0 Å². The van der Waals surface area contributed by atoms with Crippen molar-refractivity contribution in [1.29, 1.82) is 0 Å². The molecule has 2 atom stereocenters. The minimum Gasteiger partial charge on any atom is -0.459 e. The predicted octanol–water partition coefficient (Wildman–Crippen LogP) is 3.63. The zero-order valence-electron chi connectivity index (χ0n) is 12.4. The monoisotopic (exact) mass is 293 g/mol. The van der Waals surface area contributed by atoms with Gasteiger partial charge in [-0.3, -0.25) is 4.21 Å². The Balaban J connectivity index is 2.22. The van der Waals surface area contributed by atoms with Crippen LogP contribution >= 0.6 is 0 Å². The van der Waals surface area contributed by atoms with E-state index in [1.165, 1.54) is 0 Å². The van der Waals surface area contributed by atoms with Crippen molar-refractivity contribution in [3.8, 4) is 0 Å². The van der Waals surface area contributed by atoms with Crippen molar-refractivity contribution in [3.63, 3.8) is 0 Å². The smallest absolute Gasteiger partial charge is 0.134 e. The van der Waals surface area contributed by atoms with Gasteiger partial charge in [-0.2, -0.15) is 0 Å². The topological polar surface area (TPSA) is 42.2 Å². The summed E-state index contributed by atoms with van der Waals surface area (Å²) in [5.41, 5.74) is 0.890. The standard InChI is InChI=1S/C16H23NO2S/c1-4-9-17-14(11-20(18)12(2)3)16-10-13-7-5-6-8-15(13)19-16/h5-8,10,12,14,17H,4,9,11H2,1-3H3. The summed E-state index contributed by atoms with van der Waals surface area (Å²) in [5.74, 6) is 1.48. The van der Waals surface area contributed by atoms with Crippen LogP contribution in [0.1, 0.15) is 39.0 Å². The molecule has 4 heteroatoms. The molecule has 1 aromatic heterocycles. The van der Waals surface area contributed by atoms with Crippen molar-refractivity contribution in [2.24, 2.45) is 0 Å². The zero-order valence-corrected chi connectivity index (χ0v) is 13.2. The number of hydrogen-bond acceptors (Lipinski definition) is 3. The number of rotatable bonds is 7. The highest BCUT2D eigenvalue weighted by Crippen LogP contribution is 2.24. The van der Waals surface area contributed by atoms with Gasteiger partial charge in [-0.15, -0.1) is 0 Å². The van der Waals surface area contributed by atoms with E-state index in [9.17, 15) is 4.21 Å². The summed E-state index contributed by atoms with van der Waals surface area (Å²) in [7, 11) is -0.850. The third kappa shape index (κ3) is 3.70. The highest BCUT2D eigenvalue weighted by molar-refractivity contribution is 7.85. The normalized spacial score (nSPS) is 14.8. The first-order chi connectivity index (χ1) is 9.61. The number of benzene rings is 1. The number of fused-ring (bicyclic) bond motifs is 1. The van der Waals surface area contributed by atoms with Crippen LogP contribution in [-0.4, -0.2) is 21.8 Å². The maximum atomic E-state index is 12.1. The first kappa shape index (κ1) is 15.3. The Kier molecular flexibility index (Phi) is 5.38. The van der Waals surface area contributed by atoms with Crippen LogP contribution < -0.4 is 5.32 Å². The molecule has 2 rings (SSSR count). The maximum Gasteiger partial charge on any atom is 0.134 e. The van der Waals surface area contributed by atoms with Gasteiger partial charge in [-0.25, -0.2) is 0 Å². The van der Waals surface area contributed by atoms with E-state index in [0.717, 1.165) is 29.7 Å². The SMILES string of the molecule is CCCNC(CS(=O)C(C)C)c1cc2ccccc2o1. The van der Waals surface area contributed by atoms with Crippen molar-refractivity contribution < 1.29 is 8.63 Å². The lowest BCUT2D eigenvalue weighted by molar-refractivity contribution is 0.453. The van der Waals surface area contributed by atoms with E-state index in [2.05, 4.69) is 18.3 Å². The number of nitrogens with one attached hydrogen (secondary N) is 1. The summed E-state index contributed by atoms with van der Waals surface area (Å²) >= 11 is 0. The van der Waals surface area contributed by atoms with E-state index < -0.39 is 10.8 Å². The minimum atomic E-state index is -0.850. The molecular weight excluding hydrogens is 270 g/mol. The largest absolute Gasteiger partial charge is 0.459 e. The molecule has 1 aromatic carbocycles. The Hall–Kier alpha value is -1.13.